The lowest BCUT2D eigenvalue weighted by molar-refractivity contribution is -0.137. The van der Waals surface area contributed by atoms with Crippen LogP contribution in [0.2, 0.25) is 0 Å². The standard InChI is InChI=1S/C13H9F3.C2H5N/c14-13(15,16)12-8-4-7-11(9-12)10-5-2-1-3-6-10;1-2-3-1/h1-9H;3H,1-2H2. The van der Waals surface area contributed by atoms with Gasteiger partial charge in [-0.05, 0) is 23.3 Å². The van der Waals surface area contributed by atoms with Crippen LogP contribution >= 0.6 is 0 Å². The monoisotopic (exact) mass is 265 g/mol. The maximum Gasteiger partial charge on any atom is 0.416 e. The summed E-state index contributed by atoms with van der Waals surface area (Å²) in [5, 5.41) is 3.00. The Hall–Kier alpha value is -1.81. The molecular formula is C15H14F3N. The molecule has 3 rings (SSSR count). The van der Waals surface area contributed by atoms with E-state index in [-0.39, 0.29) is 0 Å². The maximum absolute atomic E-state index is 12.5. The van der Waals surface area contributed by atoms with E-state index >= 15 is 0 Å². The molecule has 1 fully saturated rings. The van der Waals surface area contributed by atoms with E-state index in [1.807, 2.05) is 6.07 Å². The van der Waals surface area contributed by atoms with Gasteiger partial charge in [0.05, 0.1) is 5.56 Å². The van der Waals surface area contributed by atoms with Gasteiger partial charge in [0.2, 0.25) is 0 Å². The number of benzene rings is 2. The first-order valence-electron chi connectivity index (χ1n) is 6.01. The molecule has 0 amide bonds. The molecule has 2 aromatic carbocycles. The molecule has 0 unspecified atom stereocenters. The van der Waals surface area contributed by atoms with Crippen molar-refractivity contribution in [2.24, 2.45) is 0 Å². The van der Waals surface area contributed by atoms with Crippen LogP contribution in [-0.2, 0) is 6.18 Å². The molecular weight excluding hydrogens is 251 g/mol. The lowest BCUT2D eigenvalue weighted by Crippen LogP contribution is -2.04. The fourth-order valence-electron chi connectivity index (χ4n) is 1.51. The number of alkyl halides is 3. The Balaban J connectivity index is 0.000000390. The van der Waals surface area contributed by atoms with Gasteiger partial charge in [-0.1, -0.05) is 42.5 Å². The highest BCUT2D eigenvalue weighted by Crippen LogP contribution is 2.31. The lowest BCUT2D eigenvalue weighted by Gasteiger charge is -2.08. The van der Waals surface area contributed by atoms with Crippen molar-refractivity contribution in [2.75, 3.05) is 13.1 Å². The van der Waals surface area contributed by atoms with Crippen molar-refractivity contribution in [3.63, 3.8) is 0 Å². The number of hydrogen-bond acceptors (Lipinski definition) is 1. The summed E-state index contributed by atoms with van der Waals surface area (Å²) in [6.45, 7) is 2.50. The van der Waals surface area contributed by atoms with Crippen molar-refractivity contribution >= 4 is 0 Å². The van der Waals surface area contributed by atoms with Crippen LogP contribution in [0.1, 0.15) is 5.56 Å². The first kappa shape index (κ1) is 13.6. The van der Waals surface area contributed by atoms with Crippen LogP contribution in [0, 0.1) is 0 Å². The summed E-state index contributed by atoms with van der Waals surface area (Å²) in [6, 6.07) is 14.3. The average molecular weight is 265 g/mol. The van der Waals surface area contributed by atoms with Gasteiger partial charge in [-0.3, -0.25) is 0 Å². The van der Waals surface area contributed by atoms with E-state index in [1.165, 1.54) is 19.2 Å². The van der Waals surface area contributed by atoms with Gasteiger partial charge in [0.15, 0.2) is 0 Å². The van der Waals surface area contributed by atoms with E-state index in [4.69, 9.17) is 0 Å². The predicted octanol–water partition coefficient (Wildman–Crippen LogP) is 3.96. The Labute approximate surface area is 110 Å². The predicted molar refractivity (Wildman–Crippen MR) is 69.7 cm³/mol. The zero-order valence-corrected chi connectivity index (χ0v) is 10.2. The third kappa shape index (κ3) is 4.41. The molecule has 4 heteroatoms. The number of nitrogens with one attached hydrogen (secondary N) is 1. The Kier molecular flexibility index (Phi) is 4.22. The second-order valence-corrected chi connectivity index (χ2v) is 4.19. The van der Waals surface area contributed by atoms with Crippen molar-refractivity contribution in [3.8, 4) is 11.1 Å². The second-order valence-electron chi connectivity index (χ2n) is 4.19. The Bertz CT molecular complexity index is 516. The third-order valence-electron chi connectivity index (χ3n) is 2.55. The molecule has 0 spiro atoms. The van der Waals surface area contributed by atoms with E-state index in [2.05, 4.69) is 5.32 Å². The molecule has 1 saturated heterocycles. The molecule has 0 saturated carbocycles. The van der Waals surface area contributed by atoms with E-state index in [0.717, 1.165) is 17.7 Å². The summed E-state index contributed by atoms with van der Waals surface area (Å²) in [6.07, 6.45) is -4.29. The van der Waals surface area contributed by atoms with Crippen molar-refractivity contribution in [1.82, 2.24) is 5.32 Å². The summed E-state index contributed by atoms with van der Waals surface area (Å²) < 4.78 is 37.5. The molecule has 1 N–H and O–H groups in total. The van der Waals surface area contributed by atoms with Crippen molar-refractivity contribution < 1.29 is 13.2 Å². The van der Waals surface area contributed by atoms with Crippen LogP contribution in [0.3, 0.4) is 0 Å². The zero-order valence-electron chi connectivity index (χ0n) is 10.2. The Morgan fingerprint density at radius 3 is 1.89 bits per heavy atom. The molecule has 0 aromatic heterocycles. The highest BCUT2D eigenvalue weighted by atomic mass is 19.4. The van der Waals surface area contributed by atoms with Gasteiger partial charge in [-0.15, -0.1) is 0 Å². The van der Waals surface area contributed by atoms with Crippen LogP contribution in [0.25, 0.3) is 11.1 Å². The minimum Gasteiger partial charge on any atom is -0.314 e. The van der Waals surface area contributed by atoms with Gasteiger partial charge in [0.1, 0.15) is 0 Å². The highest BCUT2D eigenvalue weighted by molar-refractivity contribution is 5.64. The lowest BCUT2D eigenvalue weighted by atomic mass is 10.0. The van der Waals surface area contributed by atoms with Crippen LogP contribution < -0.4 is 5.32 Å². The number of halogens is 3. The van der Waals surface area contributed by atoms with Crippen molar-refractivity contribution in [1.29, 1.82) is 0 Å². The highest BCUT2D eigenvalue weighted by Gasteiger charge is 2.30. The van der Waals surface area contributed by atoms with Crippen molar-refractivity contribution in [2.45, 2.75) is 6.18 Å². The summed E-state index contributed by atoms with van der Waals surface area (Å²) in [4.78, 5) is 0. The van der Waals surface area contributed by atoms with Crippen LogP contribution in [0.5, 0.6) is 0 Å². The first-order valence-corrected chi connectivity index (χ1v) is 6.01. The summed E-state index contributed by atoms with van der Waals surface area (Å²) in [7, 11) is 0. The third-order valence-corrected chi connectivity index (χ3v) is 2.55. The average Bonchev–Trinajstić information content (AvgIpc) is 3.27. The van der Waals surface area contributed by atoms with Gasteiger partial charge in [-0.2, -0.15) is 13.2 Å². The van der Waals surface area contributed by atoms with E-state index in [9.17, 15) is 13.2 Å². The zero-order chi connectivity index (χ0) is 13.7. The SMILES string of the molecule is C1CN1.FC(F)(F)c1cccc(-c2ccccc2)c1. The smallest absolute Gasteiger partial charge is 0.314 e. The molecule has 100 valence electrons. The topological polar surface area (TPSA) is 21.9 Å². The molecule has 0 radical (unpaired) electrons. The molecule has 1 heterocycles. The van der Waals surface area contributed by atoms with Crippen molar-refractivity contribution in [3.05, 3.63) is 60.2 Å². The summed E-state index contributed by atoms with van der Waals surface area (Å²) >= 11 is 0. The quantitative estimate of drug-likeness (QED) is 0.774. The Morgan fingerprint density at radius 2 is 1.37 bits per heavy atom. The molecule has 0 aliphatic carbocycles. The summed E-state index contributed by atoms with van der Waals surface area (Å²) in [5.74, 6) is 0. The summed E-state index contributed by atoms with van der Waals surface area (Å²) in [5.41, 5.74) is 0.748. The van der Waals surface area contributed by atoms with E-state index in [0.29, 0.717) is 5.56 Å². The largest absolute Gasteiger partial charge is 0.416 e. The van der Waals surface area contributed by atoms with Gasteiger partial charge < -0.3 is 5.32 Å². The van der Waals surface area contributed by atoms with Gasteiger partial charge in [0, 0.05) is 13.1 Å². The van der Waals surface area contributed by atoms with Crippen LogP contribution in [-0.4, -0.2) is 13.1 Å². The molecule has 1 nitrogen and oxygen atoms in total. The van der Waals surface area contributed by atoms with Crippen LogP contribution in [0.15, 0.2) is 54.6 Å². The number of rotatable bonds is 1. The van der Waals surface area contributed by atoms with Gasteiger partial charge in [-0.25, -0.2) is 0 Å². The minimum atomic E-state index is -4.29. The molecule has 19 heavy (non-hydrogen) atoms. The Morgan fingerprint density at radius 1 is 0.789 bits per heavy atom. The molecule has 1 aliphatic rings. The second kappa shape index (κ2) is 5.89. The first-order chi connectivity index (χ1) is 9.07. The van der Waals surface area contributed by atoms with E-state index in [1.54, 1.807) is 30.3 Å². The fourth-order valence-corrected chi connectivity index (χ4v) is 1.51. The van der Waals surface area contributed by atoms with Gasteiger partial charge in [0.25, 0.3) is 0 Å². The molecule has 1 aliphatic heterocycles. The minimum absolute atomic E-state index is 0.579. The molecule has 0 atom stereocenters. The number of hydrogen-bond donors (Lipinski definition) is 1. The fraction of sp³-hybridized carbons (Fsp3) is 0.200. The van der Waals surface area contributed by atoms with E-state index < -0.39 is 11.7 Å². The normalized spacial score (nSPS) is 13.4. The molecule has 0 bridgehead atoms. The maximum atomic E-state index is 12.5. The van der Waals surface area contributed by atoms with Crippen LogP contribution in [0.4, 0.5) is 13.2 Å². The molecule has 2 aromatic rings. The van der Waals surface area contributed by atoms with Gasteiger partial charge >= 0.3 is 6.18 Å².